The Morgan fingerprint density at radius 1 is 1.05 bits per heavy atom. The summed E-state index contributed by atoms with van der Waals surface area (Å²) in [7, 11) is 3.05. The zero-order chi connectivity index (χ0) is 30.4. The number of anilines is 1. The van der Waals surface area contributed by atoms with Gasteiger partial charge in [-0.15, -0.1) is 0 Å². The van der Waals surface area contributed by atoms with Crippen LogP contribution in [0, 0.1) is 5.92 Å². The third-order valence-corrected chi connectivity index (χ3v) is 8.90. The lowest BCUT2D eigenvalue weighted by atomic mass is 9.95. The van der Waals surface area contributed by atoms with Crippen molar-refractivity contribution < 1.29 is 19.4 Å². The minimum atomic E-state index is -0.767. The van der Waals surface area contributed by atoms with Crippen molar-refractivity contribution in [3.8, 4) is 28.3 Å². The maximum Gasteiger partial charge on any atom is 0.309 e. The largest absolute Gasteiger partial charge is 0.481 e. The van der Waals surface area contributed by atoms with E-state index in [0.29, 0.717) is 52.1 Å². The number of carboxylic acid groups (broad SMARTS) is 1. The van der Waals surface area contributed by atoms with Crippen molar-refractivity contribution in [2.75, 3.05) is 25.5 Å². The molecule has 0 spiro atoms. The molecule has 0 saturated carbocycles. The number of nitrogens with one attached hydrogen (secondary N) is 1. The highest BCUT2D eigenvalue weighted by molar-refractivity contribution is 6.39. The molecule has 2 N–H and O–H groups in total. The smallest absolute Gasteiger partial charge is 0.309 e. The first-order valence-corrected chi connectivity index (χ1v) is 14.4. The number of halogens is 2. The number of amides is 1. The number of hydrogen-bond donors (Lipinski definition) is 2. The fourth-order valence-electron chi connectivity index (χ4n) is 5.81. The lowest BCUT2D eigenvalue weighted by Crippen LogP contribution is -2.51. The normalized spacial score (nSPS) is 16.4. The average Bonchev–Trinajstić information content (AvgIpc) is 3.38. The molecule has 6 rings (SSSR count). The first-order chi connectivity index (χ1) is 20.7. The van der Waals surface area contributed by atoms with Gasteiger partial charge in [-0.25, -0.2) is 9.67 Å². The predicted molar refractivity (Wildman–Crippen MR) is 163 cm³/mol. The number of aryl methyl sites for hydroxylation is 2. The number of likely N-dealkylation sites (tertiary alicyclic amines) is 1. The van der Waals surface area contributed by atoms with Gasteiger partial charge in [0.2, 0.25) is 5.88 Å². The van der Waals surface area contributed by atoms with E-state index >= 15 is 0 Å². The molecule has 0 bridgehead atoms. The van der Waals surface area contributed by atoms with Crippen molar-refractivity contribution in [1.82, 2.24) is 19.7 Å². The van der Waals surface area contributed by atoms with Crippen LogP contribution in [0.1, 0.15) is 33.9 Å². The number of benzene rings is 2. The van der Waals surface area contributed by atoms with Gasteiger partial charge in [-0.3, -0.25) is 19.3 Å². The summed E-state index contributed by atoms with van der Waals surface area (Å²) in [6, 6.07) is 14.2. The lowest BCUT2D eigenvalue weighted by molar-refractivity contribution is -0.148. The molecular weight excluding hydrogens is 593 g/mol. The van der Waals surface area contributed by atoms with Gasteiger partial charge in [-0.05, 0) is 36.6 Å². The third-order valence-electron chi connectivity index (χ3n) is 8.08. The summed E-state index contributed by atoms with van der Waals surface area (Å²) >= 11 is 13.8. The van der Waals surface area contributed by atoms with Gasteiger partial charge in [-0.1, -0.05) is 53.5 Å². The van der Waals surface area contributed by atoms with Crippen molar-refractivity contribution in [3.05, 3.63) is 91.8 Å². The zero-order valence-electron chi connectivity index (χ0n) is 23.3. The Bertz CT molecular complexity index is 1840. The van der Waals surface area contributed by atoms with E-state index in [2.05, 4.69) is 15.3 Å². The van der Waals surface area contributed by atoms with Gasteiger partial charge in [0.15, 0.2) is 0 Å². The van der Waals surface area contributed by atoms with Crippen molar-refractivity contribution in [2.45, 2.75) is 18.9 Å². The third kappa shape index (κ3) is 5.15. The van der Waals surface area contributed by atoms with Crippen LogP contribution in [0.15, 0.2) is 59.5 Å². The Morgan fingerprint density at radius 2 is 1.74 bits per heavy atom. The molecule has 2 aromatic heterocycles. The van der Waals surface area contributed by atoms with Crippen LogP contribution in [0.25, 0.3) is 22.4 Å². The maximum atomic E-state index is 12.9. The van der Waals surface area contributed by atoms with Crippen LogP contribution in [0.3, 0.4) is 0 Å². The molecule has 12 heteroatoms. The Morgan fingerprint density at radius 3 is 2.47 bits per heavy atom. The molecule has 1 saturated heterocycles. The highest BCUT2D eigenvalue weighted by Crippen LogP contribution is 2.46. The van der Waals surface area contributed by atoms with Crippen LogP contribution in [0.2, 0.25) is 10.0 Å². The second-order valence-electron chi connectivity index (χ2n) is 10.6. The minimum absolute atomic E-state index is 0.0614. The SMILES string of the molecule is COc1nc(-c2cccc(-c3cccc(NC(=O)c4ccnn(C)c4=O)c3Cl)c2Cl)cc2c1[C@@H](N1CC(C(=O)O)C1)CC2. The molecule has 220 valence electrons. The van der Waals surface area contributed by atoms with Gasteiger partial charge in [0.1, 0.15) is 5.56 Å². The Labute approximate surface area is 256 Å². The summed E-state index contributed by atoms with van der Waals surface area (Å²) in [5, 5.41) is 16.6. The van der Waals surface area contributed by atoms with Crippen LogP contribution in [-0.4, -0.2) is 56.8 Å². The van der Waals surface area contributed by atoms with Crippen molar-refractivity contribution in [3.63, 3.8) is 0 Å². The lowest BCUT2D eigenvalue weighted by Gasteiger charge is -2.41. The maximum absolute atomic E-state index is 12.9. The Kier molecular flexibility index (Phi) is 7.68. The average molecular weight is 620 g/mol. The van der Waals surface area contributed by atoms with Crippen LogP contribution < -0.4 is 15.6 Å². The molecule has 0 radical (unpaired) electrons. The molecule has 10 nitrogen and oxygen atoms in total. The molecule has 1 atom stereocenters. The molecule has 2 aromatic carbocycles. The number of ether oxygens (including phenoxy) is 1. The number of carbonyl (C=O) groups is 2. The topological polar surface area (TPSA) is 127 Å². The van der Waals surface area contributed by atoms with E-state index in [9.17, 15) is 19.5 Å². The minimum Gasteiger partial charge on any atom is -0.481 e. The molecular formula is C31H27Cl2N5O5. The number of carbonyl (C=O) groups excluding carboxylic acids is 1. The summed E-state index contributed by atoms with van der Waals surface area (Å²) < 4.78 is 6.82. The standard InChI is InChI=1S/C31H27Cl2N5O5/c1-37-30(40)21(11-12-34-37)28(39)35-22-8-4-6-19(27(22)33)18-5-3-7-20(26(18)32)23-13-16-9-10-24(25(16)29(36-23)43-2)38-14-17(15-38)31(41)42/h3-8,11-13,17,24H,9-10,14-15H2,1-2H3,(H,35,39)(H,41,42)/t24-/m0/s1. The number of aromatic nitrogens is 3. The van der Waals surface area contributed by atoms with E-state index in [1.165, 1.54) is 19.3 Å². The fraction of sp³-hybridized carbons (Fsp3) is 0.258. The van der Waals surface area contributed by atoms with Crippen LogP contribution in [0.5, 0.6) is 5.88 Å². The molecule has 0 unspecified atom stereocenters. The monoisotopic (exact) mass is 619 g/mol. The number of pyridine rings is 1. The highest BCUT2D eigenvalue weighted by Gasteiger charge is 2.41. The van der Waals surface area contributed by atoms with E-state index in [1.807, 2.05) is 24.3 Å². The van der Waals surface area contributed by atoms with E-state index in [0.717, 1.165) is 28.7 Å². The second-order valence-corrected chi connectivity index (χ2v) is 11.4. The van der Waals surface area contributed by atoms with E-state index in [-0.39, 0.29) is 22.5 Å². The van der Waals surface area contributed by atoms with Crippen molar-refractivity contribution in [1.29, 1.82) is 0 Å². The number of fused-ring (bicyclic) bond motifs is 1. The fourth-order valence-corrected chi connectivity index (χ4v) is 6.41. The second kappa shape index (κ2) is 11.4. The molecule has 43 heavy (non-hydrogen) atoms. The molecule has 1 aliphatic heterocycles. The van der Waals surface area contributed by atoms with Gasteiger partial charge in [0.05, 0.1) is 34.5 Å². The number of hydrogen-bond acceptors (Lipinski definition) is 7. The summed E-state index contributed by atoms with van der Waals surface area (Å²) in [5.74, 6) is -1.21. The Balaban J connectivity index is 1.32. The molecule has 3 heterocycles. The Hall–Kier alpha value is -4.25. The van der Waals surface area contributed by atoms with Gasteiger partial charge in [0, 0.05) is 54.6 Å². The van der Waals surface area contributed by atoms with Gasteiger partial charge in [0.25, 0.3) is 11.5 Å². The van der Waals surface area contributed by atoms with Crippen LogP contribution in [0.4, 0.5) is 5.69 Å². The summed E-state index contributed by atoms with van der Waals surface area (Å²) in [4.78, 5) is 43.6. The van der Waals surface area contributed by atoms with Crippen molar-refractivity contribution >= 4 is 40.8 Å². The highest BCUT2D eigenvalue weighted by atomic mass is 35.5. The summed E-state index contributed by atoms with van der Waals surface area (Å²) in [6.07, 6.45) is 3.05. The number of carboxylic acids is 1. The zero-order valence-corrected chi connectivity index (χ0v) is 24.8. The van der Waals surface area contributed by atoms with Gasteiger partial charge in [-0.2, -0.15) is 5.10 Å². The first-order valence-electron chi connectivity index (χ1n) is 13.6. The number of methoxy groups -OCH3 is 1. The summed E-state index contributed by atoms with van der Waals surface area (Å²) in [5.41, 5.74) is 4.38. The quantitative estimate of drug-likeness (QED) is 0.293. The van der Waals surface area contributed by atoms with E-state index in [1.54, 1.807) is 25.3 Å². The van der Waals surface area contributed by atoms with E-state index < -0.39 is 17.4 Å². The predicted octanol–water partition coefficient (Wildman–Crippen LogP) is 5.08. The van der Waals surface area contributed by atoms with Gasteiger partial charge >= 0.3 is 5.97 Å². The number of aliphatic carboxylic acids is 1. The molecule has 1 fully saturated rings. The van der Waals surface area contributed by atoms with Gasteiger partial charge < -0.3 is 15.2 Å². The number of nitrogens with zero attached hydrogens (tertiary/aromatic N) is 4. The molecule has 4 aromatic rings. The summed E-state index contributed by atoms with van der Waals surface area (Å²) in [6.45, 7) is 1.02. The van der Waals surface area contributed by atoms with Crippen LogP contribution >= 0.6 is 23.2 Å². The number of rotatable bonds is 7. The first kappa shape index (κ1) is 28.9. The molecule has 1 aliphatic carbocycles. The molecule has 2 aliphatic rings. The van der Waals surface area contributed by atoms with E-state index in [4.69, 9.17) is 32.9 Å². The molecule has 1 amide bonds. The van der Waals surface area contributed by atoms with Crippen LogP contribution in [-0.2, 0) is 18.3 Å². The van der Waals surface area contributed by atoms with Crippen molar-refractivity contribution in [2.24, 2.45) is 13.0 Å².